The lowest BCUT2D eigenvalue weighted by atomic mass is 10.1. The van der Waals surface area contributed by atoms with Crippen LogP contribution >= 0.6 is 0 Å². The van der Waals surface area contributed by atoms with Gasteiger partial charge >= 0.3 is 0 Å². The predicted octanol–water partition coefficient (Wildman–Crippen LogP) is 1.49. The summed E-state index contributed by atoms with van der Waals surface area (Å²) in [6.45, 7) is 0.871. The van der Waals surface area contributed by atoms with Crippen LogP contribution in [-0.4, -0.2) is 35.1 Å². The van der Waals surface area contributed by atoms with Gasteiger partial charge in [0.2, 0.25) is 5.91 Å². The summed E-state index contributed by atoms with van der Waals surface area (Å²) in [5.41, 5.74) is 0.211. The minimum atomic E-state index is -0.504. The Hall–Kier alpha value is -1.49. The topological polar surface area (TPSA) is 40.5 Å². The number of hydrogen-bond donors (Lipinski definition) is 1. The molecule has 0 saturated carbocycles. The van der Waals surface area contributed by atoms with Crippen molar-refractivity contribution in [3.63, 3.8) is 0 Å². The quantitative estimate of drug-likeness (QED) is 0.889. The highest BCUT2D eigenvalue weighted by Gasteiger charge is 2.24. The highest BCUT2D eigenvalue weighted by atomic mass is 19.1. The van der Waals surface area contributed by atoms with Crippen LogP contribution < -0.4 is 0 Å². The highest BCUT2D eigenvalue weighted by molar-refractivity contribution is 5.76. The molecule has 0 spiro atoms. The molecule has 0 unspecified atom stereocenters. The van der Waals surface area contributed by atoms with Crippen LogP contribution in [0.5, 0.6) is 0 Å². The molecule has 1 N–H and O–H groups in total. The maximum atomic E-state index is 13.3. The number of rotatable bonds is 3. The molecular formula is C13H15F2NO2. The fourth-order valence-electron chi connectivity index (χ4n) is 2.10. The standard InChI is InChI=1S/C13H15F2NO2/c14-10-2-3-12(15)9(7-10)1-4-13(18)16-6-5-11(17)8-16/h2-3,7,11,17H,1,4-6,8H2/t11-/m1/s1. The molecule has 1 heterocycles. The van der Waals surface area contributed by atoms with Gasteiger partial charge in [-0.15, -0.1) is 0 Å². The molecule has 1 aromatic rings. The number of aliphatic hydroxyl groups is 1. The van der Waals surface area contributed by atoms with Gasteiger partial charge in [-0.3, -0.25) is 4.79 Å². The number of likely N-dealkylation sites (tertiary alicyclic amines) is 1. The van der Waals surface area contributed by atoms with Gasteiger partial charge in [0, 0.05) is 19.5 Å². The molecule has 1 saturated heterocycles. The number of aryl methyl sites for hydroxylation is 1. The van der Waals surface area contributed by atoms with E-state index in [2.05, 4.69) is 0 Å². The fraction of sp³-hybridized carbons (Fsp3) is 0.462. The first kappa shape index (κ1) is 13.0. The van der Waals surface area contributed by atoms with Crippen molar-refractivity contribution in [2.75, 3.05) is 13.1 Å². The van der Waals surface area contributed by atoms with Crippen LogP contribution in [-0.2, 0) is 11.2 Å². The van der Waals surface area contributed by atoms with Gasteiger partial charge in [-0.1, -0.05) is 0 Å². The summed E-state index contributed by atoms with van der Waals surface area (Å²) in [5, 5.41) is 9.31. The number of nitrogens with zero attached hydrogens (tertiary/aromatic N) is 1. The molecule has 1 atom stereocenters. The number of β-amino-alcohol motifs (C(OH)–C–C–N with tert-alkyl or cyclic N) is 1. The molecule has 1 amide bonds. The maximum absolute atomic E-state index is 13.3. The van der Waals surface area contributed by atoms with Gasteiger partial charge in [0.25, 0.3) is 0 Å². The summed E-state index contributed by atoms with van der Waals surface area (Å²) >= 11 is 0. The third-order valence-corrected chi connectivity index (χ3v) is 3.13. The minimum absolute atomic E-state index is 0.129. The number of aliphatic hydroxyl groups excluding tert-OH is 1. The Morgan fingerprint density at radius 3 is 2.89 bits per heavy atom. The number of amides is 1. The summed E-state index contributed by atoms with van der Waals surface area (Å²) in [5.74, 6) is -1.13. The summed E-state index contributed by atoms with van der Waals surface area (Å²) in [4.78, 5) is 13.3. The van der Waals surface area contributed by atoms with Gasteiger partial charge < -0.3 is 10.0 Å². The van der Waals surface area contributed by atoms with Crippen LogP contribution in [0.4, 0.5) is 8.78 Å². The number of carbonyl (C=O) groups excluding carboxylic acids is 1. The summed E-state index contributed by atoms with van der Waals surface area (Å²) in [6, 6.07) is 3.23. The van der Waals surface area contributed by atoms with Crippen molar-refractivity contribution < 1.29 is 18.7 Å². The first-order valence-electron chi connectivity index (χ1n) is 5.96. The lowest BCUT2D eigenvalue weighted by molar-refractivity contribution is -0.130. The Kier molecular flexibility index (Phi) is 3.91. The van der Waals surface area contributed by atoms with Crippen molar-refractivity contribution >= 4 is 5.91 Å². The van der Waals surface area contributed by atoms with E-state index >= 15 is 0 Å². The third-order valence-electron chi connectivity index (χ3n) is 3.13. The van der Waals surface area contributed by atoms with E-state index in [9.17, 15) is 18.7 Å². The molecule has 0 aliphatic carbocycles. The van der Waals surface area contributed by atoms with Crippen LogP contribution in [0.3, 0.4) is 0 Å². The Morgan fingerprint density at radius 2 is 2.22 bits per heavy atom. The Morgan fingerprint density at radius 1 is 1.44 bits per heavy atom. The van der Waals surface area contributed by atoms with Crippen LogP contribution in [0.15, 0.2) is 18.2 Å². The fourth-order valence-corrected chi connectivity index (χ4v) is 2.10. The van der Waals surface area contributed by atoms with E-state index in [0.717, 1.165) is 18.2 Å². The summed E-state index contributed by atoms with van der Waals surface area (Å²) < 4.78 is 26.3. The van der Waals surface area contributed by atoms with Crippen LogP contribution in [0.2, 0.25) is 0 Å². The van der Waals surface area contributed by atoms with Crippen LogP contribution in [0.1, 0.15) is 18.4 Å². The number of benzene rings is 1. The first-order chi connectivity index (χ1) is 8.56. The lowest BCUT2D eigenvalue weighted by Gasteiger charge is -2.15. The molecular weight excluding hydrogens is 240 g/mol. The van der Waals surface area contributed by atoms with E-state index in [-0.39, 0.29) is 24.3 Å². The molecule has 1 aliphatic rings. The van der Waals surface area contributed by atoms with Crippen molar-refractivity contribution in [1.29, 1.82) is 0 Å². The molecule has 2 rings (SSSR count). The molecule has 0 bridgehead atoms. The molecule has 1 aromatic carbocycles. The average Bonchev–Trinajstić information content (AvgIpc) is 2.77. The monoisotopic (exact) mass is 255 g/mol. The van der Waals surface area contributed by atoms with Gasteiger partial charge in [-0.2, -0.15) is 0 Å². The Balaban J connectivity index is 1.91. The molecule has 18 heavy (non-hydrogen) atoms. The van der Waals surface area contributed by atoms with E-state index in [1.807, 2.05) is 0 Å². The van der Waals surface area contributed by atoms with Crippen molar-refractivity contribution in [3.8, 4) is 0 Å². The zero-order valence-corrected chi connectivity index (χ0v) is 9.90. The molecule has 3 nitrogen and oxygen atoms in total. The molecule has 1 aliphatic heterocycles. The van der Waals surface area contributed by atoms with E-state index < -0.39 is 17.7 Å². The van der Waals surface area contributed by atoms with Crippen molar-refractivity contribution in [2.45, 2.75) is 25.4 Å². The van der Waals surface area contributed by atoms with E-state index in [1.165, 1.54) is 0 Å². The number of halogens is 2. The number of carbonyl (C=O) groups is 1. The smallest absolute Gasteiger partial charge is 0.222 e. The first-order valence-corrected chi connectivity index (χ1v) is 5.96. The molecule has 1 fully saturated rings. The van der Waals surface area contributed by atoms with Crippen LogP contribution in [0, 0.1) is 11.6 Å². The second-order valence-electron chi connectivity index (χ2n) is 4.52. The van der Waals surface area contributed by atoms with Gasteiger partial charge in [-0.25, -0.2) is 8.78 Å². The zero-order valence-electron chi connectivity index (χ0n) is 9.90. The summed E-state index contributed by atoms with van der Waals surface area (Å²) in [6.07, 6.45) is 0.433. The van der Waals surface area contributed by atoms with Gasteiger partial charge in [0.15, 0.2) is 0 Å². The predicted molar refractivity (Wildman–Crippen MR) is 61.9 cm³/mol. The second-order valence-corrected chi connectivity index (χ2v) is 4.52. The van der Waals surface area contributed by atoms with E-state index in [4.69, 9.17) is 0 Å². The van der Waals surface area contributed by atoms with E-state index in [0.29, 0.717) is 19.5 Å². The zero-order chi connectivity index (χ0) is 13.1. The summed E-state index contributed by atoms with van der Waals surface area (Å²) in [7, 11) is 0. The Labute approximate surface area is 104 Å². The highest BCUT2D eigenvalue weighted by Crippen LogP contribution is 2.15. The largest absolute Gasteiger partial charge is 0.391 e. The van der Waals surface area contributed by atoms with Gasteiger partial charge in [0.05, 0.1) is 6.10 Å². The SMILES string of the molecule is O=C(CCc1cc(F)ccc1F)N1CC[C@@H](O)C1. The molecule has 0 radical (unpaired) electrons. The number of hydrogen-bond acceptors (Lipinski definition) is 2. The average molecular weight is 255 g/mol. The lowest BCUT2D eigenvalue weighted by Crippen LogP contribution is -2.29. The minimum Gasteiger partial charge on any atom is -0.391 e. The van der Waals surface area contributed by atoms with Crippen molar-refractivity contribution in [2.24, 2.45) is 0 Å². The van der Waals surface area contributed by atoms with Crippen molar-refractivity contribution in [1.82, 2.24) is 4.90 Å². The molecule has 0 aromatic heterocycles. The second kappa shape index (κ2) is 5.44. The molecule has 5 heteroatoms. The molecule has 98 valence electrons. The van der Waals surface area contributed by atoms with Gasteiger partial charge in [-0.05, 0) is 36.6 Å². The van der Waals surface area contributed by atoms with Gasteiger partial charge in [0.1, 0.15) is 11.6 Å². The third kappa shape index (κ3) is 3.04. The normalized spacial score (nSPS) is 19.3. The van der Waals surface area contributed by atoms with Crippen molar-refractivity contribution in [3.05, 3.63) is 35.4 Å². The Bertz CT molecular complexity index is 451. The maximum Gasteiger partial charge on any atom is 0.222 e. The van der Waals surface area contributed by atoms with Crippen LogP contribution in [0.25, 0.3) is 0 Å². The van der Waals surface area contributed by atoms with E-state index in [1.54, 1.807) is 4.90 Å².